The Balaban J connectivity index is 2.14. The molecule has 0 aromatic heterocycles. The SMILES string of the molecule is Nc1ccc2ccc3c4c(ccc3c2c1)CCCC4. The zero-order valence-electron chi connectivity index (χ0n) is 10.9. The Kier molecular flexibility index (Phi) is 2.28. The standard InChI is InChI=1S/C18H17N/c19-14-8-5-13-7-9-16-15-4-2-1-3-12(15)6-10-17(16)18(13)11-14/h5-11H,1-4,19H2. The number of hydrogen-bond acceptors (Lipinski definition) is 1. The van der Waals surface area contributed by atoms with Crippen LogP contribution in [-0.2, 0) is 12.8 Å². The molecule has 1 heteroatoms. The maximum atomic E-state index is 5.95. The van der Waals surface area contributed by atoms with Crippen LogP contribution in [0.2, 0.25) is 0 Å². The predicted molar refractivity (Wildman–Crippen MR) is 82.5 cm³/mol. The van der Waals surface area contributed by atoms with Crippen LogP contribution in [0.3, 0.4) is 0 Å². The molecule has 4 rings (SSSR count). The van der Waals surface area contributed by atoms with Crippen molar-refractivity contribution < 1.29 is 0 Å². The fourth-order valence-corrected chi connectivity index (χ4v) is 3.41. The fourth-order valence-electron chi connectivity index (χ4n) is 3.41. The average Bonchev–Trinajstić information content (AvgIpc) is 2.46. The molecule has 3 aromatic carbocycles. The van der Waals surface area contributed by atoms with E-state index >= 15 is 0 Å². The van der Waals surface area contributed by atoms with E-state index in [2.05, 4.69) is 36.4 Å². The van der Waals surface area contributed by atoms with Crippen LogP contribution in [-0.4, -0.2) is 0 Å². The first-order valence-corrected chi connectivity index (χ1v) is 7.06. The second-order valence-electron chi connectivity index (χ2n) is 5.55. The van der Waals surface area contributed by atoms with Crippen LogP contribution in [0.5, 0.6) is 0 Å². The molecular weight excluding hydrogens is 230 g/mol. The van der Waals surface area contributed by atoms with Crippen LogP contribution in [0, 0.1) is 0 Å². The predicted octanol–water partition coefficient (Wildman–Crippen LogP) is 4.45. The fraction of sp³-hybridized carbons (Fsp3) is 0.222. The summed E-state index contributed by atoms with van der Waals surface area (Å²) in [6.45, 7) is 0. The van der Waals surface area contributed by atoms with Gasteiger partial charge in [0.1, 0.15) is 0 Å². The van der Waals surface area contributed by atoms with Crippen molar-refractivity contribution >= 4 is 27.2 Å². The average molecular weight is 247 g/mol. The third kappa shape index (κ3) is 1.61. The monoisotopic (exact) mass is 247 g/mol. The molecule has 1 aliphatic carbocycles. The molecule has 0 amide bonds. The Morgan fingerprint density at radius 3 is 2.47 bits per heavy atom. The summed E-state index contributed by atoms with van der Waals surface area (Å²) in [7, 11) is 0. The van der Waals surface area contributed by atoms with Crippen molar-refractivity contribution in [3.05, 3.63) is 53.6 Å². The van der Waals surface area contributed by atoms with Crippen molar-refractivity contribution in [3.8, 4) is 0 Å². The van der Waals surface area contributed by atoms with Gasteiger partial charge in [-0.05, 0) is 70.5 Å². The maximum Gasteiger partial charge on any atom is 0.0320 e. The molecule has 0 spiro atoms. The molecule has 3 aromatic rings. The minimum Gasteiger partial charge on any atom is -0.399 e. The molecule has 94 valence electrons. The van der Waals surface area contributed by atoms with Crippen molar-refractivity contribution in [2.24, 2.45) is 0 Å². The van der Waals surface area contributed by atoms with Crippen LogP contribution >= 0.6 is 0 Å². The van der Waals surface area contributed by atoms with Gasteiger partial charge in [-0.1, -0.05) is 30.3 Å². The lowest BCUT2D eigenvalue weighted by Crippen LogP contribution is -2.03. The molecule has 1 aliphatic rings. The number of anilines is 1. The van der Waals surface area contributed by atoms with Gasteiger partial charge < -0.3 is 5.73 Å². The van der Waals surface area contributed by atoms with E-state index in [1.807, 2.05) is 6.07 Å². The highest BCUT2D eigenvalue weighted by atomic mass is 14.5. The summed E-state index contributed by atoms with van der Waals surface area (Å²) in [5.74, 6) is 0. The van der Waals surface area contributed by atoms with Crippen LogP contribution in [0.1, 0.15) is 24.0 Å². The quantitative estimate of drug-likeness (QED) is 0.461. The number of aryl methyl sites for hydroxylation is 2. The van der Waals surface area contributed by atoms with Crippen LogP contribution in [0.15, 0.2) is 42.5 Å². The van der Waals surface area contributed by atoms with E-state index < -0.39 is 0 Å². The number of nitrogens with two attached hydrogens (primary N) is 1. The van der Waals surface area contributed by atoms with E-state index in [1.54, 1.807) is 11.1 Å². The minimum absolute atomic E-state index is 0.845. The Bertz CT molecular complexity index is 786. The van der Waals surface area contributed by atoms with Crippen molar-refractivity contribution in [1.29, 1.82) is 0 Å². The van der Waals surface area contributed by atoms with Gasteiger partial charge >= 0.3 is 0 Å². The Labute approximate surface area is 113 Å². The molecule has 19 heavy (non-hydrogen) atoms. The van der Waals surface area contributed by atoms with Gasteiger partial charge in [-0.15, -0.1) is 0 Å². The van der Waals surface area contributed by atoms with Gasteiger partial charge in [-0.25, -0.2) is 0 Å². The Morgan fingerprint density at radius 1 is 0.737 bits per heavy atom. The largest absolute Gasteiger partial charge is 0.399 e. The van der Waals surface area contributed by atoms with Crippen molar-refractivity contribution in [1.82, 2.24) is 0 Å². The Morgan fingerprint density at radius 2 is 1.53 bits per heavy atom. The van der Waals surface area contributed by atoms with Crippen LogP contribution < -0.4 is 5.73 Å². The molecule has 0 heterocycles. The first-order valence-electron chi connectivity index (χ1n) is 7.06. The molecule has 0 fully saturated rings. The lowest BCUT2D eigenvalue weighted by atomic mass is 9.86. The summed E-state index contributed by atoms with van der Waals surface area (Å²) in [6.07, 6.45) is 5.11. The first-order chi connectivity index (χ1) is 9.33. The maximum absolute atomic E-state index is 5.95. The van der Waals surface area contributed by atoms with Gasteiger partial charge in [-0.3, -0.25) is 0 Å². The lowest BCUT2D eigenvalue weighted by molar-refractivity contribution is 0.690. The van der Waals surface area contributed by atoms with Gasteiger partial charge in [-0.2, -0.15) is 0 Å². The van der Waals surface area contributed by atoms with E-state index in [9.17, 15) is 0 Å². The van der Waals surface area contributed by atoms with E-state index in [0.717, 1.165) is 5.69 Å². The molecule has 0 radical (unpaired) electrons. The number of hydrogen-bond donors (Lipinski definition) is 1. The highest BCUT2D eigenvalue weighted by molar-refractivity contribution is 6.09. The Hall–Kier alpha value is -2.02. The van der Waals surface area contributed by atoms with Crippen molar-refractivity contribution in [2.75, 3.05) is 5.73 Å². The second kappa shape index (κ2) is 3.99. The molecule has 0 aliphatic heterocycles. The summed E-state index contributed by atoms with van der Waals surface area (Å²) in [6, 6.07) is 15.3. The number of fused-ring (bicyclic) bond motifs is 5. The molecular formula is C18H17N. The van der Waals surface area contributed by atoms with Crippen LogP contribution in [0.4, 0.5) is 5.69 Å². The molecule has 0 saturated carbocycles. The summed E-state index contributed by atoms with van der Waals surface area (Å²) >= 11 is 0. The minimum atomic E-state index is 0.845. The van der Waals surface area contributed by atoms with Crippen LogP contribution in [0.25, 0.3) is 21.5 Å². The molecule has 2 N–H and O–H groups in total. The summed E-state index contributed by atoms with van der Waals surface area (Å²) in [4.78, 5) is 0. The molecule has 0 bridgehead atoms. The second-order valence-corrected chi connectivity index (χ2v) is 5.55. The molecule has 0 unspecified atom stereocenters. The molecule has 0 atom stereocenters. The van der Waals surface area contributed by atoms with Crippen molar-refractivity contribution in [3.63, 3.8) is 0 Å². The summed E-state index contributed by atoms with van der Waals surface area (Å²) < 4.78 is 0. The molecule has 1 nitrogen and oxygen atoms in total. The van der Waals surface area contributed by atoms with Gasteiger partial charge in [0, 0.05) is 5.69 Å². The lowest BCUT2D eigenvalue weighted by Gasteiger charge is -2.18. The number of rotatable bonds is 0. The van der Waals surface area contributed by atoms with E-state index in [4.69, 9.17) is 5.73 Å². The normalized spacial score (nSPS) is 14.7. The first kappa shape index (κ1) is 10.9. The number of nitrogen functional groups attached to an aromatic ring is 1. The number of benzene rings is 3. The summed E-state index contributed by atoms with van der Waals surface area (Å²) in [5.41, 5.74) is 9.90. The smallest absolute Gasteiger partial charge is 0.0320 e. The molecule has 0 saturated heterocycles. The third-order valence-corrected chi connectivity index (χ3v) is 4.37. The highest BCUT2D eigenvalue weighted by Crippen LogP contribution is 2.33. The van der Waals surface area contributed by atoms with Gasteiger partial charge in [0.2, 0.25) is 0 Å². The summed E-state index contributed by atoms with van der Waals surface area (Å²) in [5, 5.41) is 5.34. The van der Waals surface area contributed by atoms with E-state index in [0.29, 0.717) is 0 Å². The van der Waals surface area contributed by atoms with Gasteiger partial charge in [0.25, 0.3) is 0 Å². The highest BCUT2D eigenvalue weighted by Gasteiger charge is 2.13. The zero-order valence-corrected chi connectivity index (χ0v) is 10.9. The van der Waals surface area contributed by atoms with Crippen molar-refractivity contribution in [2.45, 2.75) is 25.7 Å². The van der Waals surface area contributed by atoms with Gasteiger partial charge in [0.15, 0.2) is 0 Å². The third-order valence-electron chi connectivity index (χ3n) is 4.37. The van der Waals surface area contributed by atoms with E-state index in [1.165, 1.54) is 47.2 Å². The zero-order chi connectivity index (χ0) is 12.8. The topological polar surface area (TPSA) is 26.0 Å². The van der Waals surface area contributed by atoms with E-state index in [-0.39, 0.29) is 0 Å². The van der Waals surface area contributed by atoms with Gasteiger partial charge in [0.05, 0.1) is 0 Å².